The number of hydrogen-bond donors (Lipinski definition) is 0. The lowest BCUT2D eigenvalue weighted by molar-refractivity contribution is -0.180. The van der Waals surface area contributed by atoms with Crippen molar-refractivity contribution in [3.05, 3.63) is 34.3 Å². The van der Waals surface area contributed by atoms with Gasteiger partial charge < -0.3 is 9.16 Å². The lowest BCUT2D eigenvalue weighted by Gasteiger charge is -2.39. The number of hydroxylamine groups is 2. The van der Waals surface area contributed by atoms with Crippen LogP contribution in [0, 0.1) is 0 Å². The Morgan fingerprint density at radius 3 is 2.18 bits per heavy atom. The van der Waals surface area contributed by atoms with Crippen molar-refractivity contribution in [2.75, 3.05) is 20.7 Å². The predicted octanol–water partition coefficient (Wildman–Crippen LogP) is 5.78. The molecule has 0 saturated carbocycles. The highest BCUT2D eigenvalue weighted by molar-refractivity contribution is 9.10. The number of ether oxygens (including phenoxy) is 1. The summed E-state index contributed by atoms with van der Waals surface area (Å²) in [5.41, 5.74) is -0.967. The molecule has 0 N–H and O–H groups in total. The third kappa shape index (κ3) is 6.62. The molecule has 1 aliphatic heterocycles. The van der Waals surface area contributed by atoms with Gasteiger partial charge in [0.25, 0.3) is 5.91 Å². The summed E-state index contributed by atoms with van der Waals surface area (Å²) >= 11 is 3.47. The van der Waals surface area contributed by atoms with Gasteiger partial charge in [-0.15, -0.1) is 0 Å². The average Bonchev–Trinajstić information content (AvgIpc) is 3.04. The van der Waals surface area contributed by atoms with Crippen molar-refractivity contribution in [3.8, 4) is 0 Å². The first-order valence-electron chi connectivity index (χ1n) is 11.7. The van der Waals surface area contributed by atoms with Gasteiger partial charge in [-0.1, -0.05) is 48.8 Å². The zero-order chi connectivity index (χ0) is 26.1. The highest BCUT2D eigenvalue weighted by Gasteiger charge is 2.57. The quantitative estimate of drug-likeness (QED) is 0.328. The van der Waals surface area contributed by atoms with E-state index in [1.165, 1.54) is 12.2 Å². The molecule has 1 unspecified atom stereocenters. The zero-order valence-electron chi connectivity index (χ0n) is 22.3. The summed E-state index contributed by atoms with van der Waals surface area (Å²) in [5.74, 6) is -0.301. The molecule has 2 rings (SSSR count). The van der Waals surface area contributed by atoms with Crippen LogP contribution in [-0.4, -0.2) is 68.2 Å². The van der Waals surface area contributed by atoms with Crippen LogP contribution in [0.15, 0.2) is 28.7 Å². The van der Waals surface area contributed by atoms with Gasteiger partial charge in [-0.05, 0) is 56.6 Å². The van der Waals surface area contributed by atoms with Gasteiger partial charge in [0.2, 0.25) is 0 Å². The molecule has 7 nitrogen and oxygen atoms in total. The normalized spacial score (nSPS) is 21.5. The first kappa shape index (κ1) is 28.8. The minimum absolute atomic E-state index is 0.00592. The van der Waals surface area contributed by atoms with Gasteiger partial charge in [-0.2, -0.15) is 0 Å². The minimum Gasteiger partial charge on any atom is -0.444 e. The van der Waals surface area contributed by atoms with E-state index in [0.717, 1.165) is 10.0 Å². The van der Waals surface area contributed by atoms with Crippen molar-refractivity contribution in [2.45, 2.75) is 89.8 Å². The van der Waals surface area contributed by atoms with E-state index in [4.69, 9.17) is 14.0 Å². The highest BCUT2D eigenvalue weighted by Crippen LogP contribution is 2.42. The van der Waals surface area contributed by atoms with Crippen molar-refractivity contribution in [1.29, 1.82) is 0 Å². The van der Waals surface area contributed by atoms with Crippen LogP contribution in [0.5, 0.6) is 0 Å². The Morgan fingerprint density at radius 2 is 1.71 bits per heavy atom. The number of amides is 2. The number of nitrogens with zero attached hydrogens (tertiary/aromatic N) is 2. The summed E-state index contributed by atoms with van der Waals surface area (Å²) < 4.78 is 13.4. The second-order valence-electron chi connectivity index (χ2n) is 11.6. The van der Waals surface area contributed by atoms with Gasteiger partial charge in [0, 0.05) is 24.4 Å². The number of halogens is 1. The van der Waals surface area contributed by atoms with E-state index in [9.17, 15) is 9.59 Å². The van der Waals surface area contributed by atoms with Crippen LogP contribution in [-0.2, 0) is 25.2 Å². The maximum Gasteiger partial charge on any atom is 0.411 e. The number of hydrogen-bond acceptors (Lipinski definition) is 5. The Morgan fingerprint density at radius 1 is 1.15 bits per heavy atom. The van der Waals surface area contributed by atoms with E-state index in [2.05, 4.69) is 49.8 Å². The molecule has 0 aliphatic carbocycles. The summed E-state index contributed by atoms with van der Waals surface area (Å²) in [6.07, 6.45) is -0.132. The smallest absolute Gasteiger partial charge is 0.411 e. The molecule has 0 aromatic heterocycles. The zero-order valence-corrected chi connectivity index (χ0v) is 24.9. The molecule has 1 fully saturated rings. The van der Waals surface area contributed by atoms with Crippen LogP contribution in [0.3, 0.4) is 0 Å². The number of likely N-dealkylation sites (N-methyl/N-ethyl adjacent to an activating group) is 1. The van der Waals surface area contributed by atoms with E-state index >= 15 is 0 Å². The summed E-state index contributed by atoms with van der Waals surface area (Å²) in [6.45, 7) is 16.7. The third-order valence-corrected chi connectivity index (χ3v) is 11.8. The summed E-state index contributed by atoms with van der Waals surface area (Å²) in [5, 5.41) is 1.19. The summed E-state index contributed by atoms with van der Waals surface area (Å²) in [6, 6.07) is 7.79. The van der Waals surface area contributed by atoms with Gasteiger partial charge in [-0.3, -0.25) is 14.5 Å². The second kappa shape index (κ2) is 10.3. The van der Waals surface area contributed by atoms with Crippen molar-refractivity contribution in [1.82, 2.24) is 9.96 Å². The lowest BCUT2D eigenvalue weighted by Crippen LogP contribution is -2.59. The Kier molecular flexibility index (Phi) is 8.72. The Hall–Kier alpha value is -1.42. The predicted molar refractivity (Wildman–Crippen MR) is 140 cm³/mol. The molecule has 1 aliphatic rings. The van der Waals surface area contributed by atoms with Gasteiger partial charge in [0.1, 0.15) is 11.1 Å². The molecular weight excluding hydrogens is 516 g/mol. The molecular formula is C25H41BrN2O5Si. The van der Waals surface area contributed by atoms with Crippen molar-refractivity contribution in [2.24, 2.45) is 0 Å². The fourth-order valence-corrected chi connectivity index (χ4v) is 5.54. The van der Waals surface area contributed by atoms with Gasteiger partial charge in [0.15, 0.2) is 8.32 Å². The Labute approximate surface area is 214 Å². The monoisotopic (exact) mass is 556 g/mol. The molecule has 1 heterocycles. The van der Waals surface area contributed by atoms with Gasteiger partial charge in [-0.25, -0.2) is 9.86 Å². The molecule has 0 bridgehead atoms. The van der Waals surface area contributed by atoms with Crippen molar-refractivity contribution < 1.29 is 23.6 Å². The van der Waals surface area contributed by atoms with Crippen LogP contribution in [0.25, 0.3) is 0 Å². The average molecular weight is 558 g/mol. The van der Waals surface area contributed by atoms with Crippen molar-refractivity contribution in [3.63, 3.8) is 0 Å². The largest absolute Gasteiger partial charge is 0.444 e. The lowest BCUT2D eigenvalue weighted by atomic mass is 9.86. The molecule has 9 heteroatoms. The fraction of sp³-hybridized carbons (Fsp3) is 0.680. The molecule has 2 amide bonds. The Bertz CT molecular complexity index is 879. The number of benzene rings is 1. The van der Waals surface area contributed by atoms with Crippen LogP contribution < -0.4 is 0 Å². The minimum atomic E-state index is -2.15. The first-order chi connectivity index (χ1) is 15.4. The van der Waals surface area contributed by atoms with Gasteiger partial charge in [0.05, 0.1) is 19.8 Å². The summed E-state index contributed by atoms with van der Waals surface area (Å²) in [7, 11) is 0.862. The summed E-state index contributed by atoms with van der Waals surface area (Å²) in [4.78, 5) is 34.2. The van der Waals surface area contributed by atoms with E-state index < -0.39 is 25.6 Å². The third-order valence-electron chi connectivity index (χ3n) is 6.72. The molecule has 1 saturated heterocycles. The van der Waals surface area contributed by atoms with E-state index in [0.29, 0.717) is 12.8 Å². The molecule has 192 valence electrons. The topological polar surface area (TPSA) is 68.3 Å². The first-order valence-corrected chi connectivity index (χ1v) is 15.4. The number of rotatable bonds is 6. The fourth-order valence-electron chi connectivity index (χ4n) is 3.93. The molecule has 1 aromatic carbocycles. The second-order valence-corrected chi connectivity index (χ2v) is 17.3. The molecule has 0 spiro atoms. The molecule has 2 atom stereocenters. The molecule has 1 aromatic rings. The SMILES string of the molecule is CON(C)C(=O)C1(Cc2ccc(Br)cc2)C[C@@H](O[Si](C)(C)C(C)(C)C)CN1C(=O)OC(C)(C)C. The maximum atomic E-state index is 13.9. The molecule has 34 heavy (non-hydrogen) atoms. The van der Waals surface area contributed by atoms with Crippen LogP contribution >= 0.6 is 15.9 Å². The van der Waals surface area contributed by atoms with E-state index in [1.54, 1.807) is 11.9 Å². The Balaban J connectivity index is 2.57. The van der Waals surface area contributed by atoms with Crippen LogP contribution in [0.2, 0.25) is 18.1 Å². The maximum absolute atomic E-state index is 13.9. The van der Waals surface area contributed by atoms with E-state index in [-0.39, 0.29) is 23.6 Å². The highest BCUT2D eigenvalue weighted by atomic mass is 79.9. The van der Waals surface area contributed by atoms with Crippen molar-refractivity contribution >= 4 is 36.2 Å². The standard InChI is InChI=1S/C25H41BrN2O5Si/c1-23(2,3)32-22(30)28-17-20(33-34(9,10)24(4,5)6)16-25(28,21(29)27(7)31-8)15-18-11-13-19(26)14-12-18/h11-14,20H,15-17H2,1-10H3/t20-,25?/m1/s1. The van der Waals surface area contributed by atoms with Crippen LogP contribution in [0.4, 0.5) is 4.79 Å². The van der Waals surface area contributed by atoms with E-state index in [1.807, 2.05) is 45.0 Å². The molecule has 0 radical (unpaired) electrons. The van der Waals surface area contributed by atoms with Gasteiger partial charge >= 0.3 is 6.09 Å². The number of carbonyl (C=O) groups is 2. The number of likely N-dealkylation sites (tertiary alicyclic amines) is 1. The van der Waals surface area contributed by atoms with Crippen LogP contribution in [0.1, 0.15) is 53.5 Å². The number of carbonyl (C=O) groups excluding carboxylic acids is 2.